The van der Waals surface area contributed by atoms with Crippen LogP contribution in [0.4, 0.5) is 0 Å². The quantitative estimate of drug-likeness (QED) is 0.743. The zero-order valence-electron chi connectivity index (χ0n) is 12.7. The molecule has 0 bridgehead atoms. The van der Waals surface area contributed by atoms with Crippen LogP contribution in [-0.4, -0.2) is 28.3 Å². The lowest BCUT2D eigenvalue weighted by Gasteiger charge is -2.34. The van der Waals surface area contributed by atoms with Crippen molar-refractivity contribution < 1.29 is 9.26 Å². The van der Waals surface area contributed by atoms with E-state index in [0.29, 0.717) is 24.9 Å². The summed E-state index contributed by atoms with van der Waals surface area (Å²) in [6, 6.07) is 14.2. The van der Waals surface area contributed by atoms with Gasteiger partial charge in [0, 0.05) is 31.2 Å². The van der Waals surface area contributed by atoms with Gasteiger partial charge in [-0.3, -0.25) is 4.98 Å². The largest absolute Gasteiger partial charge is 0.381 e. The van der Waals surface area contributed by atoms with E-state index in [1.807, 2.05) is 30.3 Å². The lowest BCUT2D eigenvalue weighted by atomic mass is 9.74. The summed E-state index contributed by atoms with van der Waals surface area (Å²) < 4.78 is 11.2. The third kappa shape index (κ3) is 2.53. The van der Waals surface area contributed by atoms with E-state index in [9.17, 15) is 0 Å². The molecule has 2 aromatic heterocycles. The highest BCUT2D eigenvalue weighted by molar-refractivity contribution is 5.52. The maximum Gasteiger partial charge on any atom is 0.237 e. The van der Waals surface area contributed by atoms with Gasteiger partial charge in [0.25, 0.3) is 0 Å². The summed E-state index contributed by atoms with van der Waals surface area (Å²) in [5.41, 5.74) is 1.79. The molecule has 1 fully saturated rings. The van der Waals surface area contributed by atoms with Gasteiger partial charge in [0.1, 0.15) is 0 Å². The van der Waals surface area contributed by atoms with E-state index in [1.165, 1.54) is 5.56 Å². The van der Waals surface area contributed by atoms with Crippen LogP contribution in [-0.2, 0) is 10.2 Å². The van der Waals surface area contributed by atoms with Gasteiger partial charge in [-0.2, -0.15) is 4.98 Å². The zero-order valence-corrected chi connectivity index (χ0v) is 12.7. The van der Waals surface area contributed by atoms with Crippen LogP contribution in [0.15, 0.2) is 59.4 Å². The molecule has 0 unspecified atom stereocenters. The first-order valence-electron chi connectivity index (χ1n) is 7.76. The number of aromatic nitrogens is 3. The first-order valence-corrected chi connectivity index (χ1v) is 7.76. The van der Waals surface area contributed by atoms with E-state index in [0.717, 1.165) is 18.4 Å². The van der Waals surface area contributed by atoms with Gasteiger partial charge in [-0.05, 0) is 30.5 Å². The van der Waals surface area contributed by atoms with Gasteiger partial charge in [-0.1, -0.05) is 35.5 Å². The number of rotatable bonds is 3. The average molecular weight is 307 g/mol. The van der Waals surface area contributed by atoms with E-state index in [4.69, 9.17) is 9.26 Å². The molecule has 5 heteroatoms. The molecule has 1 aromatic carbocycles. The second-order valence-electron chi connectivity index (χ2n) is 5.73. The molecule has 0 amide bonds. The van der Waals surface area contributed by atoms with E-state index in [-0.39, 0.29) is 5.41 Å². The first kappa shape index (κ1) is 14.1. The Hall–Kier alpha value is -2.53. The molecule has 3 heterocycles. The van der Waals surface area contributed by atoms with Crippen molar-refractivity contribution in [2.24, 2.45) is 0 Å². The van der Waals surface area contributed by atoms with Crippen LogP contribution in [0.25, 0.3) is 11.4 Å². The summed E-state index contributed by atoms with van der Waals surface area (Å²) in [6.07, 6.45) is 5.15. The summed E-state index contributed by atoms with van der Waals surface area (Å²) in [5.74, 6) is 1.24. The minimum atomic E-state index is -0.271. The van der Waals surface area contributed by atoms with Gasteiger partial charge in [0.05, 0.1) is 5.41 Å². The molecule has 1 saturated heterocycles. The second kappa shape index (κ2) is 5.93. The number of pyridine rings is 1. The minimum absolute atomic E-state index is 0.271. The van der Waals surface area contributed by atoms with Crippen molar-refractivity contribution >= 4 is 0 Å². The lowest BCUT2D eigenvalue weighted by Crippen LogP contribution is -2.35. The minimum Gasteiger partial charge on any atom is -0.381 e. The number of hydrogen-bond acceptors (Lipinski definition) is 5. The summed E-state index contributed by atoms with van der Waals surface area (Å²) in [5, 5.41) is 4.17. The molecule has 0 spiro atoms. The van der Waals surface area contributed by atoms with E-state index < -0.39 is 0 Å². The molecule has 4 rings (SSSR count). The summed E-state index contributed by atoms with van der Waals surface area (Å²) in [7, 11) is 0. The van der Waals surface area contributed by atoms with Gasteiger partial charge < -0.3 is 9.26 Å². The normalized spacial score (nSPS) is 17.0. The highest BCUT2D eigenvalue weighted by Crippen LogP contribution is 2.40. The SMILES string of the molecule is c1ccc(C2(c3nc(-c4cccnc4)no3)CCOCC2)cc1. The zero-order chi connectivity index (χ0) is 15.5. The molecule has 0 radical (unpaired) electrons. The molecule has 0 saturated carbocycles. The van der Waals surface area contributed by atoms with Crippen molar-refractivity contribution in [3.63, 3.8) is 0 Å². The number of benzene rings is 1. The standard InChI is InChI=1S/C18H17N3O2/c1-2-6-15(7-3-1)18(8-11-22-12-9-18)17-20-16(21-23-17)14-5-4-10-19-13-14/h1-7,10,13H,8-9,11-12H2. The molecular formula is C18H17N3O2. The van der Waals surface area contributed by atoms with Gasteiger partial charge in [0.15, 0.2) is 0 Å². The maximum atomic E-state index is 5.67. The van der Waals surface area contributed by atoms with Crippen molar-refractivity contribution in [1.29, 1.82) is 0 Å². The summed E-state index contributed by atoms with van der Waals surface area (Å²) in [4.78, 5) is 8.80. The predicted octanol–water partition coefficient (Wildman–Crippen LogP) is 3.23. The Morgan fingerprint density at radius 1 is 0.957 bits per heavy atom. The number of hydrogen-bond donors (Lipinski definition) is 0. The Kier molecular flexibility index (Phi) is 3.63. The lowest BCUT2D eigenvalue weighted by molar-refractivity contribution is 0.0523. The highest BCUT2D eigenvalue weighted by atomic mass is 16.5. The van der Waals surface area contributed by atoms with Crippen LogP contribution < -0.4 is 0 Å². The predicted molar refractivity (Wildman–Crippen MR) is 84.8 cm³/mol. The second-order valence-corrected chi connectivity index (χ2v) is 5.73. The fraction of sp³-hybridized carbons (Fsp3) is 0.278. The van der Waals surface area contributed by atoms with Crippen LogP contribution in [0.2, 0.25) is 0 Å². The van der Waals surface area contributed by atoms with E-state index >= 15 is 0 Å². The molecule has 0 N–H and O–H groups in total. The van der Waals surface area contributed by atoms with Gasteiger partial charge >= 0.3 is 0 Å². The monoisotopic (exact) mass is 307 g/mol. The van der Waals surface area contributed by atoms with Crippen LogP contribution in [0.3, 0.4) is 0 Å². The first-order chi connectivity index (χ1) is 11.4. The van der Waals surface area contributed by atoms with Crippen molar-refractivity contribution in [1.82, 2.24) is 15.1 Å². The van der Waals surface area contributed by atoms with Crippen LogP contribution >= 0.6 is 0 Å². The van der Waals surface area contributed by atoms with Crippen molar-refractivity contribution in [3.8, 4) is 11.4 Å². The van der Waals surface area contributed by atoms with Gasteiger partial charge in [-0.25, -0.2) is 0 Å². The third-order valence-corrected chi connectivity index (χ3v) is 4.43. The molecule has 116 valence electrons. The van der Waals surface area contributed by atoms with Gasteiger partial charge in [0.2, 0.25) is 11.7 Å². The molecule has 0 aliphatic carbocycles. The molecule has 5 nitrogen and oxygen atoms in total. The molecule has 3 aromatic rings. The Bertz CT molecular complexity index is 765. The fourth-order valence-corrected chi connectivity index (χ4v) is 3.13. The molecule has 1 aliphatic heterocycles. The highest BCUT2D eigenvalue weighted by Gasteiger charge is 2.41. The van der Waals surface area contributed by atoms with Crippen LogP contribution in [0.1, 0.15) is 24.3 Å². The Balaban J connectivity index is 1.78. The van der Waals surface area contributed by atoms with Crippen molar-refractivity contribution in [2.75, 3.05) is 13.2 Å². The molecule has 0 atom stereocenters. The summed E-state index contributed by atoms with van der Waals surface area (Å²) >= 11 is 0. The van der Waals surface area contributed by atoms with Crippen molar-refractivity contribution in [3.05, 3.63) is 66.3 Å². The van der Waals surface area contributed by atoms with Crippen LogP contribution in [0, 0.1) is 0 Å². The number of nitrogens with zero attached hydrogens (tertiary/aromatic N) is 3. The smallest absolute Gasteiger partial charge is 0.237 e. The third-order valence-electron chi connectivity index (χ3n) is 4.43. The Morgan fingerprint density at radius 2 is 1.78 bits per heavy atom. The van der Waals surface area contributed by atoms with E-state index in [1.54, 1.807) is 12.4 Å². The summed E-state index contributed by atoms with van der Waals surface area (Å²) in [6.45, 7) is 1.39. The molecular weight excluding hydrogens is 290 g/mol. The van der Waals surface area contributed by atoms with E-state index in [2.05, 4.69) is 27.3 Å². The Labute approximate surface area is 134 Å². The topological polar surface area (TPSA) is 61.0 Å². The Morgan fingerprint density at radius 3 is 2.52 bits per heavy atom. The van der Waals surface area contributed by atoms with Crippen molar-refractivity contribution in [2.45, 2.75) is 18.3 Å². The van der Waals surface area contributed by atoms with Crippen LogP contribution in [0.5, 0.6) is 0 Å². The average Bonchev–Trinajstić information content (AvgIpc) is 3.14. The number of ether oxygens (including phenoxy) is 1. The molecule has 23 heavy (non-hydrogen) atoms. The molecule has 1 aliphatic rings. The fourth-order valence-electron chi connectivity index (χ4n) is 3.13. The maximum absolute atomic E-state index is 5.67. The van der Waals surface area contributed by atoms with Gasteiger partial charge in [-0.15, -0.1) is 0 Å².